The van der Waals surface area contributed by atoms with E-state index in [0.717, 1.165) is 0 Å². The highest BCUT2D eigenvalue weighted by atomic mass is 19.4. The zero-order chi connectivity index (χ0) is 15.6. The van der Waals surface area contributed by atoms with Gasteiger partial charge in [0.05, 0.1) is 13.5 Å². The fourth-order valence-electron chi connectivity index (χ4n) is 1.71. The van der Waals surface area contributed by atoms with Crippen molar-refractivity contribution in [2.24, 2.45) is 0 Å². The second kappa shape index (κ2) is 5.83. The molecule has 0 atom stereocenters. The molecule has 0 aliphatic heterocycles. The number of halogens is 3. The predicted molar refractivity (Wildman–Crippen MR) is 63.7 cm³/mol. The third kappa shape index (κ3) is 2.97. The van der Waals surface area contributed by atoms with E-state index in [4.69, 9.17) is 9.15 Å². The number of Topliss-reactive ketones (excluding diaryl/α,β-unsaturated/α-hetero) is 1. The smallest absolute Gasteiger partial charge is 0.279 e. The number of fused-ring (bicyclic) bond motifs is 1. The molecule has 2 rings (SSSR count). The van der Waals surface area contributed by atoms with Crippen LogP contribution in [0.4, 0.5) is 13.4 Å². The summed E-state index contributed by atoms with van der Waals surface area (Å²) in [5, 5.41) is -0.930. The summed E-state index contributed by atoms with van der Waals surface area (Å²) in [4.78, 5) is 22.8. The van der Waals surface area contributed by atoms with Crippen molar-refractivity contribution >= 4 is 22.7 Å². The van der Waals surface area contributed by atoms with Gasteiger partial charge >= 0.3 is 0 Å². The molecule has 6 nitrogen and oxygen atoms in total. The summed E-state index contributed by atoms with van der Waals surface area (Å²) in [7, 11) is 1.40. The lowest BCUT2D eigenvalue weighted by molar-refractivity contribution is -0.349. The number of furan rings is 1. The fourth-order valence-corrected chi connectivity index (χ4v) is 1.71. The van der Waals surface area contributed by atoms with E-state index in [1.807, 2.05) is 0 Å². The van der Waals surface area contributed by atoms with Gasteiger partial charge in [0.1, 0.15) is 0 Å². The van der Waals surface area contributed by atoms with Gasteiger partial charge in [-0.3, -0.25) is 9.59 Å². The Labute approximate surface area is 116 Å². The number of benzene rings is 1. The molecule has 9 heteroatoms. The van der Waals surface area contributed by atoms with E-state index >= 15 is 0 Å². The first-order chi connectivity index (χ1) is 9.93. The molecule has 0 saturated carbocycles. The second-order valence-electron chi connectivity index (χ2n) is 3.96. The Hall–Kier alpha value is -2.55. The first kappa shape index (κ1) is 14.9. The molecule has 0 aliphatic carbocycles. The molecule has 1 aromatic heterocycles. The number of hydrogen-bond acceptors (Lipinski definition) is 5. The van der Waals surface area contributed by atoms with Crippen molar-refractivity contribution in [2.45, 2.75) is 6.42 Å². The molecule has 0 N–H and O–H groups in total. The Bertz CT molecular complexity index is 686. The van der Waals surface area contributed by atoms with Crippen molar-refractivity contribution in [3.63, 3.8) is 0 Å². The lowest BCUT2D eigenvalue weighted by Crippen LogP contribution is -2.31. The quantitative estimate of drug-likeness (QED) is 0.368. The lowest BCUT2D eigenvalue weighted by Gasteiger charge is -2.08. The molecule has 1 aromatic carbocycles. The molecule has 21 heavy (non-hydrogen) atoms. The minimum atomic E-state index is -2.06. The van der Waals surface area contributed by atoms with Crippen LogP contribution in [0, 0.1) is 0 Å². The van der Waals surface area contributed by atoms with Crippen molar-refractivity contribution in [3.05, 3.63) is 30.0 Å². The maximum absolute atomic E-state index is 12.6. The van der Waals surface area contributed by atoms with Gasteiger partial charge < -0.3 is 9.15 Å². The van der Waals surface area contributed by atoms with Crippen molar-refractivity contribution in [1.82, 2.24) is 10.7 Å². The van der Waals surface area contributed by atoms with Gasteiger partial charge in [0.25, 0.3) is 5.91 Å². The van der Waals surface area contributed by atoms with Gasteiger partial charge in [-0.05, 0) is 17.4 Å². The summed E-state index contributed by atoms with van der Waals surface area (Å²) in [6.07, 6.45) is -1.09. The lowest BCUT2D eigenvalue weighted by atomic mass is 10.2. The Kier molecular flexibility index (Phi) is 4.13. The number of hydrazine groups is 1. The highest BCUT2D eigenvalue weighted by Gasteiger charge is 2.26. The Morgan fingerprint density at radius 2 is 2.00 bits per heavy atom. The summed E-state index contributed by atoms with van der Waals surface area (Å²) in [6.45, 7) is 0. The molecular formula is C12H9F3N2O4. The molecule has 1 heterocycles. The maximum atomic E-state index is 12.6. The number of amides is 1. The van der Waals surface area contributed by atoms with Crippen LogP contribution in [-0.4, -0.2) is 29.5 Å². The van der Waals surface area contributed by atoms with Gasteiger partial charge in [0.2, 0.25) is 5.78 Å². The summed E-state index contributed by atoms with van der Waals surface area (Å²) in [5.74, 6) is -2.52. The van der Waals surface area contributed by atoms with Crippen molar-refractivity contribution in [2.75, 3.05) is 7.11 Å². The minimum Gasteiger partial charge on any atom is -0.493 e. The number of rotatable bonds is 5. The SMILES string of the molecule is COc1cccc2cc(C(=O)CC(=O)N(F)N(F)F)oc12. The topological polar surface area (TPSA) is 63.0 Å². The molecule has 112 valence electrons. The molecule has 0 radical (unpaired) electrons. The first-order valence-electron chi connectivity index (χ1n) is 5.64. The Balaban J connectivity index is 2.22. The van der Waals surface area contributed by atoms with Crippen LogP contribution in [0.3, 0.4) is 0 Å². The van der Waals surface area contributed by atoms with Crippen LogP contribution in [0.15, 0.2) is 28.7 Å². The van der Waals surface area contributed by atoms with E-state index in [0.29, 0.717) is 11.1 Å². The number of para-hydroxylation sites is 1. The van der Waals surface area contributed by atoms with Crippen LogP contribution in [-0.2, 0) is 4.79 Å². The standard InChI is InChI=1S/C12H9F3N2O4/c1-20-9-4-2-3-7-5-10(21-12(7)9)8(18)6-11(19)16(13)17(14)15/h2-5H,6H2,1H3. The summed E-state index contributed by atoms with van der Waals surface area (Å²) in [5.41, 5.74) is -1.79. The normalized spacial score (nSPS) is 10.9. The van der Waals surface area contributed by atoms with E-state index in [9.17, 15) is 23.0 Å². The van der Waals surface area contributed by atoms with Crippen molar-refractivity contribution in [3.8, 4) is 5.75 Å². The van der Waals surface area contributed by atoms with Gasteiger partial charge in [-0.25, -0.2) is 0 Å². The number of methoxy groups -OCH3 is 1. The van der Waals surface area contributed by atoms with Crippen molar-refractivity contribution < 1.29 is 32.2 Å². The molecular weight excluding hydrogens is 293 g/mol. The highest BCUT2D eigenvalue weighted by molar-refractivity contribution is 6.07. The summed E-state index contributed by atoms with van der Waals surface area (Å²) >= 11 is 0. The minimum absolute atomic E-state index is 0.250. The average molecular weight is 302 g/mol. The van der Waals surface area contributed by atoms with Gasteiger partial charge in [-0.15, -0.1) is 0 Å². The molecule has 1 amide bonds. The summed E-state index contributed by atoms with van der Waals surface area (Å²) in [6, 6.07) is 6.20. The van der Waals surface area contributed by atoms with Crippen LogP contribution in [0.5, 0.6) is 5.75 Å². The van der Waals surface area contributed by atoms with Crippen LogP contribution in [0.2, 0.25) is 0 Å². The molecule has 0 fully saturated rings. The third-order valence-corrected chi connectivity index (χ3v) is 2.65. The Morgan fingerprint density at radius 3 is 2.62 bits per heavy atom. The molecule has 2 aromatic rings. The molecule has 0 saturated heterocycles. The van der Waals surface area contributed by atoms with E-state index in [1.165, 1.54) is 13.2 Å². The number of carbonyl (C=O) groups excluding carboxylic acids is 2. The van der Waals surface area contributed by atoms with Gasteiger partial charge in [-0.2, -0.15) is 0 Å². The molecule has 0 bridgehead atoms. The average Bonchev–Trinajstić information content (AvgIpc) is 2.90. The third-order valence-electron chi connectivity index (χ3n) is 2.65. The van der Waals surface area contributed by atoms with E-state index in [1.54, 1.807) is 18.2 Å². The first-order valence-corrected chi connectivity index (χ1v) is 5.64. The molecule has 0 unspecified atom stereocenters. The molecule has 0 spiro atoms. The van der Waals surface area contributed by atoms with E-state index in [2.05, 4.69) is 0 Å². The van der Waals surface area contributed by atoms with Crippen LogP contribution in [0.25, 0.3) is 11.0 Å². The van der Waals surface area contributed by atoms with Crippen LogP contribution >= 0.6 is 0 Å². The maximum Gasteiger partial charge on any atom is 0.279 e. The monoisotopic (exact) mass is 302 g/mol. The second-order valence-corrected chi connectivity index (χ2v) is 3.96. The van der Waals surface area contributed by atoms with Crippen molar-refractivity contribution in [1.29, 1.82) is 0 Å². The summed E-state index contributed by atoms with van der Waals surface area (Å²) < 4.78 is 46.4. The van der Waals surface area contributed by atoms with E-state index in [-0.39, 0.29) is 11.3 Å². The van der Waals surface area contributed by atoms with Gasteiger partial charge in [0.15, 0.2) is 22.5 Å². The van der Waals surface area contributed by atoms with Gasteiger partial charge in [-0.1, -0.05) is 25.6 Å². The zero-order valence-corrected chi connectivity index (χ0v) is 10.7. The highest BCUT2D eigenvalue weighted by Crippen LogP contribution is 2.29. The van der Waals surface area contributed by atoms with Crippen LogP contribution < -0.4 is 4.74 Å². The predicted octanol–water partition coefficient (Wildman–Crippen LogP) is 2.71. The van der Waals surface area contributed by atoms with Gasteiger partial charge in [0, 0.05) is 5.39 Å². The van der Waals surface area contributed by atoms with Crippen LogP contribution in [0.1, 0.15) is 17.0 Å². The Morgan fingerprint density at radius 1 is 1.29 bits per heavy atom. The zero-order valence-electron chi connectivity index (χ0n) is 10.7. The number of ketones is 1. The largest absolute Gasteiger partial charge is 0.493 e. The van der Waals surface area contributed by atoms with E-state index < -0.39 is 28.8 Å². The molecule has 0 aliphatic rings. The fraction of sp³-hybridized carbons (Fsp3) is 0.167. The number of nitrogens with zero attached hydrogens (tertiary/aromatic N) is 2. The number of carbonyl (C=O) groups is 2. The number of ether oxygens (including phenoxy) is 1. The number of hydrogen-bond donors (Lipinski definition) is 0.